The molecule has 0 saturated carbocycles. The summed E-state index contributed by atoms with van der Waals surface area (Å²) in [4.78, 5) is 9.32. The fourth-order valence-electron chi connectivity index (χ4n) is 2.94. The van der Waals surface area contributed by atoms with Gasteiger partial charge in [-0.05, 0) is 20.3 Å². The molecule has 27 heavy (non-hydrogen) atoms. The van der Waals surface area contributed by atoms with Gasteiger partial charge in [0.15, 0.2) is 17.6 Å². The number of halogens is 1. The Morgan fingerprint density at radius 3 is 2.74 bits per heavy atom. The van der Waals surface area contributed by atoms with E-state index in [4.69, 9.17) is 0 Å². The number of nitrogens with one attached hydrogen (secondary N) is 2. The van der Waals surface area contributed by atoms with E-state index in [1.807, 2.05) is 23.2 Å². The zero-order valence-corrected chi connectivity index (χ0v) is 19.1. The SMILES string of the molecule is CCNC(=NCc1nnc(C)n1C)NC1CCc2nc(C(C)C)nn2C1.I. The summed E-state index contributed by atoms with van der Waals surface area (Å²) < 4.78 is 3.99. The number of aryl methyl sites for hydroxylation is 2. The van der Waals surface area contributed by atoms with Gasteiger partial charge in [-0.3, -0.25) is 0 Å². The summed E-state index contributed by atoms with van der Waals surface area (Å²) in [7, 11) is 1.96. The fourth-order valence-corrected chi connectivity index (χ4v) is 2.94. The smallest absolute Gasteiger partial charge is 0.191 e. The molecule has 2 N–H and O–H groups in total. The van der Waals surface area contributed by atoms with E-state index >= 15 is 0 Å². The Morgan fingerprint density at radius 2 is 2.11 bits per heavy atom. The number of nitrogens with zero attached hydrogens (tertiary/aromatic N) is 7. The average Bonchev–Trinajstić information content (AvgIpc) is 3.17. The second-order valence-electron chi connectivity index (χ2n) is 7.02. The van der Waals surface area contributed by atoms with Crippen LogP contribution >= 0.6 is 24.0 Å². The molecule has 2 aromatic rings. The maximum Gasteiger partial charge on any atom is 0.191 e. The van der Waals surface area contributed by atoms with Crippen LogP contribution in [0.2, 0.25) is 0 Å². The highest BCUT2D eigenvalue weighted by Gasteiger charge is 2.23. The number of guanidine groups is 1. The van der Waals surface area contributed by atoms with Crippen molar-refractivity contribution in [2.75, 3.05) is 6.54 Å². The molecule has 150 valence electrons. The van der Waals surface area contributed by atoms with Crippen LogP contribution in [0, 0.1) is 6.92 Å². The standard InChI is InChI=1S/C17H29N9.HI/c1-6-18-17(19-9-15-23-22-12(4)25(15)5)20-13-7-8-14-21-16(11(2)3)24-26(14)10-13;/h11,13H,6-10H2,1-5H3,(H2,18,19,20);1H. The molecule has 3 heterocycles. The van der Waals surface area contributed by atoms with E-state index in [1.54, 1.807) is 0 Å². The summed E-state index contributed by atoms with van der Waals surface area (Å²) in [6.45, 7) is 10.4. The summed E-state index contributed by atoms with van der Waals surface area (Å²) >= 11 is 0. The van der Waals surface area contributed by atoms with Crippen LogP contribution in [0.5, 0.6) is 0 Å². The third-order valence-electron chi connectivity index (χ3n) is 4.64. The van der Waals surface area contributed by atoms with Crippen molar-refractivity contribution in [3.63, 3.8) is 0 Å². The zero-order chi connectivity index (χ0) is 18.7. The van der Waals surface area contributed by atoms with Crippen LogP contribution in [0.4, 0.5) is 0 Å². The van der Waals surface area contributed by atoms with E-state index < -0.39 is 0 Å². The minimum absolute atomic E-state index is 0. The van der Waals surface area contributed by atoms with Crippen molar-refractivity contribution in [1.29, 1.82) is 0 Å². The largest absolute Gasteiger partial charge is 0.357 e. The molecule has 1 aliphatic rings. The molecule has 0 aliphatic carbocycles. The van der Waals surface area contributed by atoms with Gasteiger partial charge in [0.1, 0.15) is 18.2 Å². The number of hydrogen-bond acceptors (Lipinski definition) is 5. The molecule has 0 bridgehead atoms. The van der Waals surface area contributed by atoms with Gasteiger partial charge in [-0.1, -0.05) is 13.8 Å². The molecule has 0 radical (unpaired) electrons. The van der Waals surface area contributed by atoms with Crippen LogP contribution in [-0.4, -0.2) is 48.1 Å². The highest BCUT2D eigenvalue weighted by atomic mass is 127. The van der Waals surface area contributed by atoms with Crippen LogP contribution in [0.3, 0.4) is 0 Å². The summed E-state index contributed by atoms with van der Waals surface area (Å²) in [5.74, 6) is 4.91. The van der Waals surface area contributed by atoms with E-state index in [1.165, 1.54) is 0 Å². The van der Waals surface area contributed by atoms with Crippen molar-refractivity contribution < 1.29 is 0 Å². The lowest BCUT2D eigenvalue weighted by Crippen LogP contribution is -2.47. The van der Waals surface area contributed by atoms with E-state index in [2.05, 4.69) is 56.7 Å². The van der Waals surface area contributed by atoms with E-state index in [-0.39, 0.29) is 30.0 Å². The van der Waals surface area contributed by atoms with Gasteiger partial charge in [0.25, 0.3) is 0 Å². The first-order valence-electron chi connectivity index (χ1n) is 9.31. The molecule has 0 fully saturated rings. The molecular formula is C17H30IN9. The van der Waals surface area contributed by atoms with Crippen LogP contribution < -0.4 is 10.6 Å². The van der Waals surface area contributed by atoms with Gasteiger partial charge in [0.05, 0.1) is 6.54 Å². The van der Waals surface area contributed by atoms with Crippen molar-refractivity contribution in [2.24, 2.45) is 12.0 Å². The molecule has 0 aromatic carbocycles. The van der Waals surface area contributed by atoms with E-state index in [0.29, 0.717) is 12.5 Å². The van der Waals surface area contributed by atoms with Gasteiger partial charge in [-0.15, -0.1) is 34.2 Å². The lowest BCUT2D eigenvalue weighted by Gasteiger charge is -2.25. The highest BCUT2D eigenvalue weighted by Crippen LogP contribution is 2.17. The molecule has 1 unspecified atom stereocenters. The lowest BCUT2D eigenvalue weighted by atomic mass is 10.1. The first kappa shape index (κ1) is 21.6. The Bertz CT molecular complexity index is 777. The third-order valence-corrected chi connectivity index (χ3v) is 4.64. The maximum atomic E-state index is 4.67. The lowest BCUT2D eigenvalue weighted by molar-refractivity contribution is 0.391. The van der Waals surface area contributed by atoms with E-state index in [9.17, 15) is 0 Å². The maximum absolute atomic E-state index is 4.67. The van der Waals surface area contributed by atoms with Crippen LogP contribution in [0.25, 0.3) is 0 Å². The Hall–Kier alpha value is -1.72. The van der Waals surface area contributed by atoms with Crippen molar-refractivity contribution in [3.8, 4) is 0 Å². The van der Waals surface area contributed by atoms with Crippen LogP contribution in [0.15, 0.2) is 4.99 Å². The number of aliphatic imine (C=N–C) groups is 1. The van der Waals surface area contributed by atoms with Gasteiger partial charge >= 0.3 is 0 Å². The molecule has 9 nitrogen and oxygen atoms in total. The van der Waals surface area contributed by atoms with Crippen molar-refractivity contribution in [2.45, 2.75) is 65.6 Å². The Morgan fingerprint density at radius 1 is 1.33 bits per heavy atom. The molecule has 2 aromatic heterocycles. The molecular weight excluding hydrogens is 457 g/mol. The summed E-state index contributed by atoms with van der Waals surface area (Å²) in [5, 5.41) is 19.7. The molecule has 1 aliphatic heterocycles. The topological polar surface area (TPSA) is 97.8 Å². The molecule has 10 heteroatoms. The monoisotopic (exact) mass is 487 g/mol. The Kier molecular flexibility index (Phi) is 7.57. The minimum Gasteiger partial charge on any atom is -0.357 e. The van der Waals surface area contributed by atoms with Gasteiger partial charge in [0, 0.05) is 32.0 Å². The zero-order valence-electron chi connectivity index (χ0n) is 16.7. The predicted molar refractivity (Wildman–Crippen MR) is 115 cm³/mol. The van der Waals surface area contributed by atoms with Gasteiger partial charge < -0.3 is 15.2 Å². The normalized spacial score (nSPS) is 16.8. The van der Waals surface area contributed by atoms with Crippen molar-refractivity contribution in [3.05, 3.63) is 23.3 Å². The number of aromatic nitrogens is 6. The first-order valence-corrected chi connectivity index (χ1v) is 9.31. The summed E-state index contributed by atoms with van der Waals surface area (Å²) in [6.07, 6.45) is 1.95. The second kappa shape index (κ2) is 9.47. The molecule has 0 amide bonds. The number of fused-ring (bicyclic) bond motifs is 1. The van der Waals surface area contributed by atoms with Gasteiger partial charge in [-0.25, -0.2) is 14.7 Å². The predicted octanol–water partition coefficient (Wildman–Crippen LogP) is 1.53. The van der Waals surface area contributed by atoms with Crippen LogP contribution in [-0.2, 0) is 26.6 Å². The molecule has 0 spiro atoms. The summed E-state index contributed by atoms with van der Waals surface area (Å²) in [6, 6.07) is 0.281. The van der Waals surface area contributed by atoms with Crippen LogP contribution in [0.1, 0.15) is 56.4 Å². The highest BCUT2D eigenvalue weighted by molar-refractivity contribution is 14.0. The van der Waals surface area contributed by atoms with Gasteiger partial charge in [-0.2, -0.15) is 5.10 Å². The first-order chi connectivity index (χ1) is 12.5. The molecule has 0 saturated heterocycles. The Balaban J connectivity index is 0.00000261. The number of hydrogen-bond donors (Lipinski definition) is 2. The second-order valence-corrected chi connectivity index (χ2v) is 7.02. The fraction of sp³-hybridized carbons (Fsp3) is 0.706. The summed E-state index contributed by atoms with van der Waals surface area (Å²) in [5.41, 5.74) is 0. The minimum atomic E-state index is 0. The molecule has 3 rings (SSSR count). The van der Waals surface area contributed by atoms with Crippen molar-refractivity contribution >= 4 is 29.9 Å². The number of rotatable bonds is 5. The third kappa shape index (κ3) is 5.17. The van der Waals surface area contributed by atoms with E-state index in [0.717, 1.165) is 55.2 Å². The Labute approximate surface area is 177 Å². The average molecular weight is 487 g/mol. The van der Waals surface area contributed by atoms with Gasteiger partial charge in [0.2, 0.25) is 0 Å². The quantitative estimate of drug-likeness (QED) is 0.377. The molecule has 1 atom stereocenters. The van der Waals surface area contributed by atoms with Crippen molar-refractivity contribution in [1.82, 2.24) is 40.2 Å².